The molecule has 0 bridgehead atoms. The molecule has 2 N–H and O–H groups in total. The number of benzene rings is 2. The summed E-state index contributed by atoms with van der Waals surface area (Å²) in [5.41, 5.74) is 8.57. The molecule has 3 aromatic rings. The van der Waals surface area contributed by atoms with Crippen molar-refractivity contribution in [1.29, 1.82) is 0 Å². The van der Waals surface area contributed by atoms with Crippen LogP contribution in [-0.4, -0.2) is 34.7 Å². The molecule has 0 spiro atoms. The van der Waals surface area contributed by atoms with Crippen molar-refractivity contribution in [2.45, 2.75) is 18.9 Å². The summed E-state index contributed by atoms with van der Waals surface area (Å²) >= 11 is 0. The van der Waals surface area contributed by atoms with Crippen LogP contribution in [0.25, 0.3) is 0 Å². The maximum atomic E-state index is 6.03. The first-order valence-corrected chi connectivity index (χ1v) is 9.14. The average molecular weight is 348 g/mol. The zero-order chi connectivity index (χ0) is 17.8. The van der Waals surface area contributed by atoms with Gasteiger partial charge in [-0.15, -0.1) is 0 Å². The predicted molar refractivity (Wildman–Crippen MR) is 101 cm³/mol. The SMILES string of the molecule is NC[C@@H]1CN(Cc2noc(Cc3ccccc3)n2)C[C@H]1c1ccccc1. The molecule has 26 heavy (non-hydrogen) atoms. The Kier molecular flexibility index (Phi) is 5.09. The Morgan fingerprint density at radius 1 is 1.00 bits per heavy atom. The number of rotatable bonds is 6. The van der Waals surface area contributed by atoms with Crippen LogP contribution in [-0.2, 0) is 13.0 Å². The first-order chi connectivity index (χ1) is 12.8. The standard InChI is InChI=1S/C21H24N4O/c22-12-18-13-25(14-19(18)17-9-5-2-6-10-17)15-20-23-21(26-24-20)11-16-7-3-1-4-8-16/h1-10,18-19H,11-15,22H2/t18-,19+/m1/s1. The van der Waals surface area contributed by atoms with E-state index >= 15 is 0 Å². The highest BCUT2D eigenvalue weighted by Gasteiger charge is 2.33. The molecule has 2 aromatic carbocycles. The summed E-state index contributed by atoms with van der Waals surface area (Å²) < 4.78 is 5.43. The number of hydrogen-bond acceptors (Lipinski definition) is 5. The fourth-order valence-corrected chi connectivity index (χ4v) is 3.80. The van der Waals surface area contributed by atoms with E-state index in [0.717, 1.165) is 18.9 Å². The molecule has 0 saturated carbocycles. The van der Waals surface area contributed by atoms with Gasteiger partial charge in [0.05, 0.1) is 13.0 Å². The number of likely N-dealkylation sites (tertiary alicyclic amines) is 1. The fourth-order valence-electron chi connectivity index (χ4n) is 3.80. The molecule has 134 valence electrons. The van der Waals surface area contributed by atoms with Gasteiger partial charge < -0.3 is 10.3 Å². The van der Waals surface area contributed by atoms with Crippen LogP contribution >= 0.6 is 0 Å². The zero-order valence-corrected chi connectivity index (χ0v) is 14.8. The molecular formula is C21H24N4O. The molecule has 0 aliphatic carbocycles. The van der Waals surface area contributed by atoms with Crippen molar-refractivity contribution in [1.82, 2.24) is 15.0 Å². The minimum Gasteiger partial charge on any atom is -0.339 e. The lowest BCUT2D eigenvalue weighted by Gasteiger charge is -2.16. The van der Waals surface area contributed by atoms with Crippen LogP contribution in [0.3, 0.4) is 0 Å². The van der Waals surface area contributed by atoms with E-state index in [1.54, 1.807) is 0 Å². The highest BCUT2D eigenvalue weighted by atomic mass is 16.5. The van der Waals surface area contributed by atoms with Gasteiger partial charge in [0.2, 0.25) is 5.89 Å². The summed E-state index contributed by atoms with van der Waals surface area (Å²) in [5, 5.41) is 4.17. The van der Waals surface area contributed by atoms with Gasteiger partial charge in [-0.05, 0) is 23.6 Å². The van der Waals surface area contributed by atoms with Gasteiger partial charge >= 0.3 is 0 Å². The average Bonchev–Trinajstić information content (AvgIpc) is 3.30. The van der Waals surface area contributed by atoms with Crippen LogP contribution in [0.5, 0.6) is 0 Å². The van der Waals surface area contributed by atoms with E-state index < -0.39 is 0 Å². The van der Waals surface area contributed by atoms with Crippen LogP contribution in [0.4, 0.5) is 0 Å². The van der Waals surface area contributed by atoms with E-state index in [-0.39, 0.29) is 0 Å². The van der Waals surface area contributed by atoms with Crippen molar-refractivity contribution < 1.29 is 4.52 Å². The summed E-state index contributed by atoms with van der Waals surface area (Å²) in [6.07, 6.45) is 0.673. The molecule has 5 nitrogen and oxygen atoms in total. The maximum absolute atomic E-state index is 6.03. The van der Waals surface area contributed by atoms with Crippen molar-refractivity contribution in [3.05, 3.63) is 83.5 Å². The summed E-state index contributed by atoms with van der Waals surface area (Å²) in [7, 11) is 0. The maximum Gasteiger partial charge on any atom is 0.231 e. The van der Waals surface area contributed by atoms with E-state index in [2.05, 4.69) is 57.5 Å². The van der Waals surface area contributed by atoms with Gasteiger partial charge in [-0.2, -0.15) is 4.98 Å². The monoisotopic (exact) mass is 348 g/mol. The van der Waals surface area contributed by atoms with Crippen molar-refractivity contribution >= 4 is 0 Å². The smallest absolute Gasteiger partial charge is 0.231 e. The number of nitrogens with two attached hydrogens (primary N) is 1. The zero-order valence-electron chi connectivity index (χ0n) is 14.8. The third-order valence-electron chi connectivity index (χ3n) is 5.12. The quantitative estimate of drug-likeness (QED) is 0.742. The second-order valence-electron chi connectivity index (χ2n) is 6.97. The molecule has 5 heteroatoms. The van der Waals surface area contributed by atoms with Gasteiger partial charge in [0.25, 0.3) is 0 Å². The minimum atomic E-state index is 0.466. The third kappa shape index (κ3) is 3.84. The minimum absolute atomic E-state index is 0.466. The first-order valence-electron chi connectivity index (χ1n) is 9.14. The van der Waals surface area contributed by atoms with Gasteiger partial charge in [0.1, 0.15) is 0 Å². The molecule has 1 saturated heterocycles. The lowest BCUT2D eigenvalue weighted by atomic mass is 9.89. The molecule has 2 heterocycles. The topological polar surface area (TPSA) is 68.2 Å². The normalized spacial score (nSPS) is 20.5. The van der Waals surface area contributed by atoms with Gasteiger partial charge in [0.15, 0.2) is 5.82 Å². The summed E-state index contributed by atoms with van der Waals surface area (Å²) in [4.78, 5) is 6.95. The number of hydrogen-bond donors (Lipinski definition) is 1. The molecule has 1 aliphatic rings. The molecule has 0 unspecified atom stereocenters. The van der Waals surface area contributed by atoms with E-state index in [4.69, 9.17) is 10.3 Å². The van der Waals surface area contributed by atoms with Crippen molar-refractivity contribution in [2.75, 3.05) is 19.6 Å². The van der Waals surface area contributed by atoms with Gasteiger partial charge in [-0.3, -0.25) is 4.90 Å². The lowest BCUT2D eigenvalue weighted by Crippen LogP contribution is -2.23. The molecule has 4 rings (SSSR count). The molecule has 1 aliphatic heterocycles. The Morgan fingerprint density at radius 3 is 2.46 bits per heavy atom. The molecule has 0 amide bonds. The first kappa shape index (κ1) is 16.9. The third-order valence-corrected chi connectivity index (χ3v) is 5.12. The summed E-state index contributed by atoms with van der Waals surface area (Å²) in [6, 6.07) is 20.8. The Balaban J connectivity index is 1.40. The predicted octanol–water partition coefficient (Wildman–Crippen LogP) is 2.83. The van der Waals surface area contributed by atoms with Gasteiger partial charge in [-0.25, -0.2) is 0 Å². The molecule has 2 atom stereocenters. The second-order valence-corrected chi connectivity index (χ2v) is 6.97. The second kappa shape index (κ2) is 7.81. The molecule has 1 aromatic heterocycles. The summed E-state index contributed by atoms with van der Waals surface area (Å²) in [5.74, 6) is 2.35. The lowest BCUT2D eigenvalue weighted by molar-refractivity contribution is 0.298. The van der Waals surface area contributed by atoms with Crippen LogP contribution < -0.4 is 5.73 Å². The molecular weight excluding hydrogens is 324 g/mol. The van der Waals surface area contributed by atoms with Crippen molar-refractivity contribution in [2.24, 2.45) is 11.7 Å². The Hall–Kier alpha value is -2.50. The molecule has 0 radical (unpaired) electrons. The van der Waals surface area contributed by atoms with Gasteiger partial charge in [0, 0.05) is 19.0 Å². The number of nitrogens with zero attached hydrogens (tertiary/aromatic N) is 3. The van der Waals surface area contributed by atoms with Crippen LogP contribution in [0.1, 0.15) is 28.8 Å². The fraction of sp³-hybridized carbons (Fsp3) is 0.333. The highest BCUT2D eigenvalue weighted by molar-refractivity contribution is 5.22. The van der Waals surface area contributed by atoms with Crippen LogP contribution in [0, 0.1) is 5.92 Å². The summed E-state index contributed by atoms with van der Waals surface area (Å²) in [6.45, 7) is 3.35. The van der Waals surface area contributed by atoms with Crippen molar-refractivity contribution in [3.8, 4) is 0 Å². The van der Waals surface area contributed by atoms with E-state index in [1.165, 1.54) is 11.1 Å². The van der Waals surface area contributed by atoms with Crippen molar-refractivity contribution in [3.63, 3.8) is 0 Å². The largest absolute Gasteiger partial charge is 0.339 e. The van der Waals surface area contributed by atoms with E-state index in [1.807, 2.05) is 18.2 Å². The highest BCUT2D eigenvalue weighted by Crippen LogP contribution is 2.32. The Labute approximate surface area is 153 Å². The van der Waals surface area contributed by atoms with Crippen LogP contribution in [0.15, 0.2) is 65.2 Å². The van der Waals surface area contributed by atoms with Crippen LogP contribution in [0.2, 0.25) is 0 Å². The van der Waals surface area contributed by atoms with E-state index in [0.29, 0.717) is 37.2 Å². The Bertz CT molecular complexity index is 818. The number of aromatic nitrogens is 2. The van der Waals surface area contributed by atoms with Gasteiger partial charge in [-0.1, -0.05) is 65.8 Å². The molecule has 1 fully saturated rings. The Morgan fingerprint density at radius 2 is 1.73 bits per heavy atom. The van der Waals surface area contributed by atoms with E-state index in [9.17, 15) is 0 Å².